The molecule has 0 unspecified atom stereocenters. The van der Waals surface area contributed by atoms with Crippen LogP contribution in [0, 0.1) is 52.3 Å². The summed E-state index contributed by atoms with van der Waals surface area (Å²) in [6.45, 7) is 15.2. The highest BCUT2D eigenvalue weighted by atomic mass is 16.3. The van der Waals surface area contributed by atoms with Crippen LogP contribution >= 0.6 is 0 Å². The van der Waals surface area contributed by atoms with Crippen LogP contribution < -0.4 is 0 Å². The number of aliphatic hydroxyl groups is 2. The van der Waals surface area contributed by atoms with Crippen LogP contribution in [0.3, 0.4) is 0 Å². The standard InChI is InChI=1S/C29H50O.C7H8O/c1-7-21(19(2)3)9-8-20(4)25-12-13-26-24-11-10-22-18-23(30)14-16-28(22,5)27(24)15-17-29(25,26)6;8-6-7-4-2-1-3-5-7/h10,19-21,23-27,30H,7-9,11-18H2,1-6H3;1-5,8H,6H2/t20-,21-,23+,24+,25-,26+,27+,28+,29-;/m1./s1. The van der Waals surface area contributed by atoms with Crippen LogP contribution in [0.2, 0.25) is 0 Å². The summed E-state index contributed by atoms with van der Waals surface area (Å²) < 4.78 is 0. The summed E-state index contributed by atoms with van der Waals surface area (Å²) in [6, 6.07) is 9.52. The maximum Gasteiger partial charge on any atom is 0.0681 e. The first-order chi connectivity index (χ1) is 18.1. The molecule has 0 aliphatic heterocycles. The molecule has 0 aromatic heterocycles. The van der Waals surface area contributed by atoms with E-state index in [0.29, 0.717) is 10.8 Å². The third-order valence-electron chi connectivity index (χ3n) is 12.3. The largest absolute Gasteiger partial charge is 0.393 e. The van der Waals surface area contributed by atoms with Crippen molar-refractivity contribution < 1.29 is 10.2 Å². The topological polar surface area (TPSA) is 40.5 Å². The third-order valence-corrected chi connectivity index (χ3v) is 12.3. The second-order valence-electron chi connectivity index (χ2n) is 14.5. The van der Waals surface area contributed by atoms with Crippen molar-refractivity contribution in [1.29, 1.82) is 0 Å². The fourth-order valence-corrected chi connectivity index (χ4v) is 9.89. The van der Waals surface area contributed by atoms with Crippen LogP contribution in [0.1, 0.15) is 118 Å². The molecule has 2 heteroatoms. The molecule has 0 radical (unpaired) electrons. The number of hydrogen-bond donors (Lipinski definition) is 2. The van der Waals surface area contributed by atoms with Gasteiger partial charge in [0.25, 0.3) is 0 Å². The van der Waals surface area contributed by atoms with Gasteiger partial charge in [0.1, 0.15) is 0 Å². The Morgan fingerprint density at radius 3 is 2.29 bits per heavy atom. The van der Waals surface area contributed by atoms with E-state index in [-0.39, 0.29) is 12.7 Å². The van der Waals surface area contributed by atoms with Crippen molar-refractivity contribution in [1.82, 2.24) is 0 Å². The Hall–Kier alpha value is -1.12. The summed E-state index contributed by atoms with van der Waals surface area (Å²) in [5.41, 5.74) is 3.55. The fourth-order valence-electron chi connectivity index (χ4n) is 9.89. The van der Waals surface area contributed by atoms with Crippen molar-refractivity contribution in [3.63, 3.8) is 0 Å². The number of aliphatic hydroxyl groups excluding tert-OH is 2. The Labute approximate surface area is 234 Å². The first-order valence-corrected chi connectivity index (χ1v) is 16.2. The first-order valence-electron chi connectivity index (χ1n) is 16.2. The molecule has 0 amide bonds. The highest BCUT2D eigenvalue weighted by molar-refractivity contribution is 5.25. The molecule has 0 bridgehead atoms. The molecule has 4 aliphatic rings. The summed E-state index contributed by atoms with van der Waals surface area (Å²) in [5.74, 6) is 6.31. The molecule has 0 spiro atoms. The summed E-state index contributed by atoms with van der Waals surface area (Å²) in [7, 11) is 0. The van der Waals surface area contributed by atoms with Crippen LogP contribution in [0.5, 0.6) is 0 Å². The number of rotatable bonds is 7. The Balaban J connectivity index is 0.000000360. The van der Waals surface area contributed by atoms with Crippen LogP contribution in [0.25, 0.3) is 0 Å². The van der Waals surface area contributed by atoms with Gasteiger partial charge < -0.3 is 10.2 Å². The van der Waals surface area contributed by atoms with E-state index in [1.165, 1.54) is 57.8 Å². The van der Waals surface area contributed by atoms with Crippen molar-refractivity contribution in [2.45, 2.75) is 125 Å². The molecule has 0 heterocycles. The molecule has 1 aromatic carbocycles. The van der Waals surface area contributed by atoms with Crippen molar-refractivity contribution in [2.75, 3.05) is 0 Å². The zero-order valence-electron chi connectivity index (χ0n) is 25.5. The van der Waals surface area contributed by atoms with E-state index < -0.39 is 0 Å². The van der Waals surface area contributed by atoms with Gasteiger partial charge in [-0.05, 0) is 116 Å². The quantitative estimate of drug-likeness (QED) is 0.350. The number of allylic oxidation sites excluding steroid dienone is 1. The van der Waals surface area contributed by atoms with E-state index in [9.17, 15) is 5.11 Å². The Morgan fingerprint density at radius 2 is 1.66 bits per heavy atom. The molecule has 38 heavy (non-hydrogen) atoms. The summed E-state index contributed by atoms with van der Waals surface area (Å²) in [5, 5.41) is 18.8. The van der Waals surface area contributed by atoms with Crippen molar-refractivity contribution in [3.8, 4) is 0 Å². The first kappa shape index (κ1) is 29.9. The smallest absolute Gasteiger partial charge is 0.0681 e. The SMILES string of the molecule is CC[C@H](CC[C@@H](C)[C@H]1CC[C@H]2[C@@H]3CC=C4C[C@@H](O)CC[C@]4(C)[C@H]3CC[C@]12C)C(C)C.OCc1ccccc1. The van der Waals surface area contributed by atoms with E-state index in [1.807, 2.05) is 30.3 Å². The Morgan fingerprint density at radius 1 is 0.921 bits per heavy atom. The maximum atomic E-state index is 10.2. The van der Waals surface area contributed by atoms with E-state index in [0.717, 1.165) is 59.8 Å². The molecule has 2 N–H and O–H groups in total. The Kier molecular flexibility index (Phi) is 9.89. The van der Waals surface area contributed by atoms with Gasteiger partial charge in [-0.15, -0.1) is 0 Å². The molecular formula is C36H58O2. The lowest BCUT2D eigenvalue weighted by Crippen LogP contribution is -2.50. The lowest BCUT2D eigenvalue weighted by atomic mass is 9.47. The van der Waals surface area contributed by atoms with Crippen LogP contribution in [-0.4, -0.2) is 16.3 Å². The van der Waals surface area contributed by atoms with Crippen LogP contribution in [0.15, 0.2) is 42.0 Å². The van der Waals surface area contributed by atoms with E-state index in [4.69, 9.17) is 5.11 Å². The molecular weight excluding hydrogens is 464 g/mol. The van der Waals surface area contributed by atoms with Gasteiger partial charge in [-0.3, -0.25) is 0 Å². The third kappa shape index (κ3) is 5.97. The minimum absolute atomic E-state index is 0.0794. The zero-order chi connectivity index (χ0) is 27.5. The summed E-state index contributed by atoms with van der Waals surface area (Å²) >= 11 is 0. The number of benzene rings is 1. The monoisotopic (exact) mass is 522 g/mol. The molecule has 3 fully saturated rings. The lowest BCUT2D eigenvalue weighted by molar-refractivity contribution is -0.0575. The molecule has 5 rings (SSSR count). The van der Waals surface area contributed by atoms with Crippen molar-refractivity contribution >= 4 is 0 Å². The van der Waals surface area contributed by atoms with Gasteiger partial charge in [0.15, 0.2) is 0 Å². The van der Waals surface area contributed by atoms with Gasteiger partial charge in [0.2, 0.25) is 0 Å². The van der Waals surface area contributed by atoms with Crippen molar-refractivity contribution in [2.24, 2.45) is 52.3 Å². The van der Waals surface area contributed by atoms with E-state index >= 15 is 0 Å². The average Bonchev–Trinajstić information content (AvgIpc) is 3.27. The number of hydrogen-bond acceptors (Lipinski definition) is 2. The van der Waals surface area contributed by atoms with E-state index in [1.54, 1.807) is 5.57 Å². The normalized spacial score (nSPS) is 37.7. The summed E-state index contributed by atoms with van der Waals surface area (Å²) in [6.07, 6.45) is 17.1. The van der Waals surface area contributed by atoms with Crippen LogP contribution in [-0.2, 0) is 6.61 Å². The zero-order valence-corrected chi connectivity index (χ0v) is 25.5. The average molecular weight is 523 g/mol. The van der Waals surface area contributed by atoms with Gasteiger partial charge in [0, 0.05) is 0 Å². The predicted molar refractivity (Wildman–Crippen MR) is 161 cm³/mol. The molecule has 0 saturated heterocycles. The van der Waals surface area contributed by atoms with Crippen molar-refractivity contribution in [3.05, 3.63) is 47.5 Å². The van der Waals surface area contributed by atoms with Gasteiger partial charge in [-0.25, -0.2) is 0 Å². The highest BCUT2D eigenvalue weighted by Gasteiger charge is 2.59. The molecule has 2 nitrogen and oxygen atoms in total. The second-order valence-corrected chi connectivity index (χ2v) is 14.5. The highest BCUT2D eigenvalue weighted by Crippen LogP contribution is 2.67. The molecule has 1 aromatic rings. The summed E-state index contributed by atoms with van der Waals surface area (Å²) in [4.78, 5) is 0. The van der Waals surface area contributed by atoms with Gasteiger partial charge >= 0.3 is 0 Å². The van der Waals surface area contributed by atoms with E-state index in [2.05, 4.69) is 47.6 Å². The fraction of sp³-hybridized carbons (Fsp3) is 0.778. The van der Waals surface area contributed by atoms with Gasteiger partial charge in [-0.2, -0.15) is 0 Å². The minimum Gasteiger partial charge on any atom is -0.393 e. The predicted octanol–water partition coefficient (Wildman–Crippen LogP) is 9.20. The molecule has 4 aliphatic carbocycles. The maximum absolute atomic E-state index is 10.2. The second kappa shape index (κ2) is 12.6. The molecule has 9 atom stereocenters. The van der Waals surface area contributed by atoms with Gasteiger partial charge in [-0.1, -0.05) is 96.4 Å². The lowest BCUT2D eigenvalue weighted by Gasteiger charge is -2.58. The number of fused-ring (bicyclic) bond motifs is 5. The Bertz CT molecular complexity index is 905. The van der Waals surface area contributed by atoms with Gasteiger partial charge in [0.05, 0.1) is 12.7 Å². The molecule has 214 valence electrons. The minimum atomic E-state index is -0.0794. The molecule has 3 saturated carbocycles. The van der Waals surface area contributed by atoms with Crippen LogP contribution in [0.4, 0.5) is 0 Å².